The van der Waals surface area contributed by atoms with Gasteiger partial charge < -0.3 is 131 Å². The molecule has 20 N–H and O–H groups in total. The minimum atomic E-state index is -5.47. The van der Waals surface area contributed by atoms with Crippen LogP contribution in [0.15, 0.2) is 0 Å². The van der Waals surface area contributed by atoms with Crippen LogP contribution in [-0.2, 0) is 66.9 Å². The number of ether oxygens (including phenoxy) is 7. The standard InChI is InChI=1S/C34H56N2O32S/c37-3-11(21(47)27-17(35-15(43)5-39)9(41)1-33(66-27,31(54)55)61-7-13-19(45)23(49)25(51)29(53)63-13)64-30-26(52)24(50)20(46)14(65-30)8-62-34(32(56)57)2-10(42)18(36-16(44)6-40)28(67-34)22(48)12(4-38)68-69(58,59)60/h9-14,17-30,37-42,45-53H,1-8H2,(H,35,43)(H,36,44)(H,54,55)(H,56,57)(H,58,59,60)/t9-,10?,11+,12?,13+,14+,17+,18?,19+,20+,21+,22?,23-,24-,25+,26+,27+,28?,29+,30-,33+,34?/m0/s1. The van der Waals surface area contributed by atoms with Gasteiger partial charge in [-0.3, -0.25) is 14.1 Å². The van der Waals surface area contributed by atoms with Gasteiger partial charge in [-0.1, -0.05) is 0 Å². The molecule has 6 unspecified atom stereocenters. The smallest absolute Gasteiger partial charge is 0.397 e. The van der Waals surface area contributed by atoms with Gasteiger partial charge >= 0.3 is 22.3 Å². The molecule has 0 aliphatic carbocycles. The lowest BCUT2D eigenvalue weighted by Crippen LogP contribution is -2.69. The third-order valence-corrected chi connectivity index (χ3v) is 11.9. The largest absolute Gasteiger partial charge is 0.477 e. The van der Waals surface area contributed by atoms with Crippen LogP contribution >= 0.6 is 0 Å². The number of rotatable bonds is 22. The van der Waals surface area contributed by atoms with Gasteiger partial charge in [0.2, 0.25) is 11.8 Å². The second kappa shape index (κ2) is 24.1. The Morgan fingerprint density at radius 3 is 1.41 bits per heavy atom. The Bertz CT molecular complexity index is 1850. The molecule has 2 amide bonds. The van der Waals surface area contributed by atoms with Gasteiger partial charge in [0, 0.05) is 12.8 Å². The van der Waals surface area contributed by atoms with Crippen molar-refractivity contribution in [1.29, 1.82) is 0 Å². The maximum Gasteiger partial charge on any atom is 0.397 e. The fourth-order valence-corrected chi connectivity index (χ4v) is 8.23. The molecule has 0 aromatic rings. The topological polar surface area (TPSA) is 564 Å². The van der Waals surface area contributed by atoms with Crippen LogP contribution in [0.5, 0.6) is 0 Å². The van der Waals surface area contributed by atoms with E-state index in [0.29, 0.717) is 0 Å². The predicted molar refractivity (Wildman–Crippen MR) is 205 cm³/mol. The Kier molecular flexibility index (Phi) is 20.4. The summed E-state index contributed by atoms with van der Waals surface area (Å²) in [5, 5.41) is 181. The molecule has 4 aliphatic heterocycles. The maximum absolute atomic E-state index is 12.8. The summed E-state index contributed by atoms with van der Waals surface area (Å²) in [7, 11) is -5.47. The van der Waals surface area contributed by atoms with Crippen LogP contribution in [0.25, 0.3) is 0 Å². The van der Waals surface area contributed by atoms with Crippen LogP contribution < -0.4 is 10.6 Å². The first-order valence-electron chi connectivity index (χ1n) is 20.3. The fraction of sp³-hybridized carbons (Fsp3) is 0.882. The Hall–Kier alpha value is -3.13. The van der Waals surface area contributed by atoms with Crippen LogP contribution in [-0.4, -0.2) is 297 Å². The fourth-order valence-electron chi connectivity index (χ4n) is 7.74. The van der Waals surface area contributed by atoms with Gasteiger partial charge in [-0.25, -0.2) is 13.8 Å². The van der Waals surface area contributed by atoms with Gasteiger partial charge in [-0.05, 0) is 0 Å². The van der Waals surface area contributed by atoms with E-state index in [2.05, 4.69) is 9.50 Å². The second-order valence-electron chi connectivity index (χ2n) is 16.1. The van der Waals surface area contributed by atoms with E-state index in [1.54, 1.807) is 0 Å². The molecule has 4 aliphatic rings. The monoisotopic (exact) mass is 1040 g/mol. The lowest BCUT2D eigenvalue weighted by atomic mass is 9.88. The van der Waals surface area contributed by atoms with Crippen molar-refractivity contribution in [2.24, 2.45) is 0 Å². The first kappa shape index (κ1) is 58.4. The summed E-state index contributed by atoms with van der Waals surface area (Å²) in [5.74, 6) is -13.1. The summed E-state index contributed by atoms with van der Waals surface area (Å²) in [6.45, 7) is -7.74. The van der Waals surface area contributed by atoms with E-state index >= 15 is 0 Å². The highest BCUT2D eigenvalue weighted by Crippen LogP contribution is 2.38. The molecule has 69 heavy (non-hydrogen) atoms. The summed E-state index contributed by atoms with van der Waals surface area (Å²) in [4.78, 5) is 49.9. The third kappa shape index (κ3) is 13.5. The van der Waals surface area contributed by atoms with Crippen molar-refractivity contribution in [3.63, 3.8) is 0 Å². The summed E-state index contributed by atoms with van der Waals surface area (Å²) in [6, 6.07) is -3.89. The summed E-state index contributed by atoms with van der Waals surface area (Å²) >= 11 is 0. The Morgan fingerprint density at radius 2 is 1.01 bits per heavy atom. The number of carboxylic acids is 2. The highest BCUT2D eigenvalue weighted by atomic mass is 32.3. The quantitative estimate of drug-likeness (QED) is 0.0448. The van der Waals surface area contributed by atoms with Crippen LogP contribution in [0.4, 0.5) is 0 Å². The number of nitrogens with one attached hydrogen (secondary N) is 2. The van der Waals surface area contributed by atoms with E-state index in [0.717, 1.165) is 0 Å². The molecule has 400 valence electrons. The van der Waals surface area contributed by atoms with Crippen molar-refractivity contribution in [3.05, 3.63) is 0 Å². The lowest BCUT2D eigenvalue weighted by molar-refractivity contribution is -0.354. The molecule has 0 aromatic heterocycles. The SMILES string of the molecule is O=C(CO)NC1C(O)CC(OC[C@H]2O[C@H](O[C@H](CO)[C@@H](O)[C@@H]3O[C@@](OC[C@H]4O[C@@H](O)[C@H](O)[C@@H](O)[C@@H]4O)(C(=O)O)C[C@H](O)[C@H]3NC(=O)CO)[C@H](O)[C@@H](O)[C@@H]2O)(C(=O)O)OC1C(O)C(CO)OS(=O)(=O)O. The Morgan fingerprint density at radius 1 is 0.609 bits per heavy atom. The summed E-state index contributed by atoms with van der Waals surface area (Å²) in [6.07, 6.45) is -42.5. The third-order valence-electron chi connectivity index (χ3n) is 11.4. The molecule has 4 fully saturated rings. The van der Waals surface area contributed by atoms with Crippen molar-refractivity contribution >= 4 is 34.2 Å². The number of aliphatic hydroxyl groups excluding tert-OH is 15. The average Bonchev–Trinajstić information content (AvgIpc) is 3.29. The number of hydrogen-bond donors (Lipinski definition) is 20. The van der Waals surface area contributed by atoms with E-state index in [4.69, 9.17) is 37.7 Å². The normalized spacial score (nSPS) is 40.5. The van der Waals surface area contributed by atoms with E-state index in [9.17, 15) is 114 Å². The molecule has 0 saturated carbocycles. The highest BCUT2D eigenvalue weighted by Gasteiger charge is 2.60. The molecule has 0 spiro atoms. The van der Waals surface area contributed by atoms with Crippen molar-refractivity contribution in [3.8, 4) is 0 Å². The zero-order chi connectivity index (χ0) is 52.1. The first-order valence-corrected chi connectivity index (χ1v) is 21.7. The molecule has 0 radical (unpaired) electrons. The van der Waals surface area contributed by atoms with E-state index < -0.39 is 221 Å². The molecule has 4 heterocycles. The van der Waals surface area contributed by atoms with Gasteiger partial charge in [0.05, 0.1) is 50.7 Å². The molecule has 34 nitrogen and oxygen atoms in total. The zero-order valence-corrected chi connectivity index (χ0v) is 36.2. The number of carbonyl (C=O) groups excluding carboxylic acids is 2. The van der Waals surface area contributed by atoms with Gasteiger partial charge in [0.15, 0.2) is 12.6 Å². The Balaban J connectivity index is 1.61. The predicted octanol–water partition coefficient (Wildman–Crippen LogP) is -13.3. The molecule has 22 atom stereocenters. The molecule has 0 aromatic carbocycles. The van der Waals surface area contributed by atoms with E-state index in [-0.39, 0.29) is 0 Å². The number of hydrogen-bond acceptors (Lipinski definition) is 29. The van der Waals surface area contributed by atoms with E-state index in [1.165, 1.54) is 0 Å². The number of aliphatic carboxylic acids is 2. The minimum absolute atomic E-state index is 1.09. The van der Waals surface area contributed by atoms with Crippen LogP contribution in [0.2, 0.25) is 0 Å². The van der Waals surface area contributed by atoms with Crippen molar-refractivity contribution in [2.45, 2.75) is 147 Å². The van der Waals surface area contributed by atoms with Gasteiger partial charge in [0.1, 0.15) is 98.7 Å². The molecule has 35 heteroatoms. The molecule has 4 saturated heterocycles. The van der Waals surface area contributed by atoms with Gasteiger partial charge in [-0.15, -0.1) is 0 Å². The minimum Gasteiger partial charge on any atom is -0.477 e. The van der Waals surface area contributed by atoms with Gasteiger partial charge in [-0.2, -0.15) is 8.42 Å². The summed E-state index contributed by atoms with van der Waals surface area (Å²) in [5.41, 5.74) is 0. The van der Waals surface area contributed by atoms with Crippen molar-refractivity contribution < 1.29 is 156 Å². The second-order valence-corrected chi connectivity index (χ2v) is 17.1. The van der Waals surface area contributed by atoms with Crippen LogP contribution in [0.1, 0.15) is 12.8 Å². The average molecular weight is 1040 g/mol. The molecule has 4 rings (SSSR count). The van der Waals surface area contributed by atoms with Crippen molar-refractivity contribution in [1.82, 2.24) is 10.6 Å². The number of carboxylic acid groups (broad SMARTS) is 2. The van der Waals surface area contributed by atoms with Gasteiger partial charge in [0.25, 0.3) is 11.6 Å². The number of aliphatic hydroxyl groups is 15. The first-order chi connectivity index (χ1) is 32.1. The lowest BCUT2D eigenvalue weighted by Gasteiger charge is -2.48. The highest BCUT2D eigenvalue weighted by molar-refractivity contribution is 7.80. The Labute approximate surface area is 387 Å². The molecule has 0 bridgehead atoms. The molecular weight excluding hydrogens is 980 g/mol. The maximum atomic E-state index is 12.8. The van der Waals surface area contributed by atoms with E-state index in [1.807, 2.05) is 5.32 Å². The number of carbonyl (C=O) groups is 4. The van der Waals surface area contributed by atoms with Crippen LogP contribution in [0, 0.1) is 0 Å². The van der Waals surface area contributed by atoms with Crippen molar-refractivity contribution in [2.75, 3.05) is 39.6 Å². The summed E-state index contributed by atoms with van der Waals surface area (Å²) < 4.78 is 73.9. The molecular formula is C34H56N2O32S. The van der Waals surface area contributed by atoms with Crippen LogP contribution in [0.3, 0.4) is 0 Å². The number of amides is 2. The zero-order valence-electron chi connectivity index (χ0n) is 35.4.